The first-order valence-corrected chi connectivity index (χ1v) is 4.63. The summed E-state index contributed by atoms with van der Waals surface area (Å²) in [6, 6.07) is 7.93. The SMILES string of the molecule is C=CC(CCl)=Nc1ccccc1C. The van der Waals surface area contributed by atoms with E-state index in [9.17, 15) is 0 Å². The van der Waals surface area contributed by atoms with E-state index in [0.717, 1.165) is 17.0 Å². The van der Waals surface area contributed by atoms with Gasteiger partial charge in [0, 0.05) is 0 Å². The van der Waals surface area contributed by atoms with Crippen LogP contribution in [0.3, 0.4) is 0 Å². The molecule has 13 heavy (non-hydrogen) atoms. The first-order valence-electron chi connectivity index (χ1n) is 4.09. The van der Waals surface area contributed by atoms with E-state index in [1.165, 1.54) is 0 Å². The van der Waals surface area contributed by atoms with Crippen LogP contribution >= 0.6 is 11.6 Å². The van der Waals surface area contributed by atoms with Crippen molar-refractivity contribution in [2.24, 2.45) is 4.99 Å². The molecule has 0 aliphatic carbocycles. The number of alkyl halides is 1. The Morgan fingerprint density at radius 2 is 2.23 bits per heavy atom. The van der Waals surface area contributed by atoms with Gasteiger partial charge < -0.3 is 0 Å². The van der Waals surface area contributed by atoms with Gasteiger partial charge in [0.25, 0.3) is 0 Å². The molecule has 0 radical (unpaired) electrons. The van der Waals surface area contributed by atoms with Gasteiger partial charge in [-0.1, -0.05) is 24.8 Å². The molecule has 0 aliphatic heterocycles. The van der Waals surface area contributed by atoms with Crippen molar-refractivity contribution in [2.45, 2.75) is 6.92 Å². The lowest BCUT2D eigenvalue weighted by Crippen LogP contribution is -1.93. The summed E-state index contributed by atoms with van der Waals surface area (Å²) in [7, 11) is 0. The van der Waals surface area contributed by atoms with Crippen LogP contribution in [-0.4, -0.2) is 11.6 Å². The minimum Gasteiger partial charge on any atom is -0.252 e. The van der Waals surface area contributed by atoms with Crippen molar-refractivity contribution < 1.29 is 0 Å². The molecule has 1 aromatic rings. The lowest BCUT2D eigenvalue weighted by molar-refractivity contribution is 1.39. The molecular formula is C11H12ClN. The molecule has 1 nitrogen and oxygen atoms in total. The summed E-state index contributed by atoms with van der Waals surface area (Å²) < 4.78 is 0. The second kappa shape index (κ2) is 4.83. The standard InChI is InChI=1S/C11H12ClN/c1-3-10(8-12)13-11-7-5-4-6-9(11)2/h3-7H,1,8H2,2H3. The molecule has 0 heterocycles. The summed E-state index contributed by atoms with van der Waals surface area (Å²) >= 11 is 5.67. The number of aryl methyl sites for hydroxylation is 1. The molecule has 0 amide bonds. The molecule has 0 saturated heterocycles. The first kappa shape index (κ1) is 10.0. The van der Waals surface area contributed by atoms with Crippen molar-refractivity contribution in [3.05, 3.63) is 42.5 Å². The van der Waals surface area contributed by atoms with E-state index >= 15 is 0 Å². The van der Waals surface area contributed by atoms with Crippen molar-refractivity contribution >= 4 is 23.0 Å². The number of para-hydroxylation sites is 1. The molecule has 0 fully saturated rings. The molecule has 2 heteroatoms. The Balaban J connectivity index is 3.02. The second-order valence-electron chi connectivity index (χ2n) is 2.73. The predicted molar refractivity (Wildman–Crippen MR) is 59.2 cm³/mol. The summed E-state index contributed by atoms with van der Waals surface area (Å²) in [6.07, 6.45) is 1.68. The minimum absolute atomic E-state index is 0.401. The summed E-state index contributed by atoms with van der Waals surface area (Å²) in [6.45, 7) is 5.66. The van der Waals surface area contributed by atoms with E-state index < -0.39 is 0 Å². The number of rotatable bonds is 3. The van der Waals surface area contributed by atoms with Crippen molar-refractivity contribution in [2.75, 3.05) is 5.88 Å². The van der Waals surface area contributed by atoms with Crippen LogP contribution in [-0.2, 0) is 0 Å². The number of allylic oxidation sites excluding steroid dienone is 1. The zero-order chi connectivity index (χ0) is 9.68. The van der Waals surface area contributed by atoms with Gasteiger partial charge in [0.1, 0.15) is 0 Å². The molecule has 0 unspecified atom stereocenters. The fraction of sp³-hybridized carbons (Fsp3) is 0.182. The van der Waals surface area contributed by atoms with Crippen LogP contribution in [0.25, 0.3) is 0 Å². The molecule has 68 valence electrons. The average Bonchev–Trinajstić information content (AvgIpc) is 2.17. The molecule has 0 aromatic heterocycles. The molecule has 0 aliphatic rings. The minimum atomic E-state index is 0.401. The van der Waals surface area contributed by atoms with Gasteiger partial charge in [-0.15, -0.1) is 11.6 Å². The Hall–Kier alpha value is -1.08. The number of aliphatic imine (C=N–C) groups is 1. The van der Waals surface area contributed by atoms with Crippen molar-refractivity contribution in [1.29, 1.82) is 0 Å². The molecule has 0 atom stereocenters. The van der Waals surface area contributed by atoms with Gasteiger partial charge in [-0.2, -0.15) is 0 Å². The first-order chi connectivity index (χ1) is 6.27. The Bertz CT molecular complexity index is 329. The maximum Gasteiger partial charge on any atom is 0.0662 e. The van der Waals surface area contributed by atoms with Crippen LogP contribution in [0.5, 0.6) is 0 Å². The van der Waals surface area contributed by atoms with Crippen LogP contribution in [0.1, 0.15) is 5.56 Å². The van der Waals surface area contributed by atoms with Crippen molar-refractivity contribution in [1.82, 2.24) is 0 Å². The number of halogens is 1. The Morgan fingerprint density at radius 1 is 1.54 bits per heavy atom. The largest absolute Gasteiger partial charge is 0.252 e. The molecule has 0 saturated carbocycles. The van der Waals surface area contributed by atoms with Gasteiger partial charge in [-0.3, -0.25) is 4.99 Å². The summed E-state index contributed by atoms with van der Waals surface area (Å²) in [5, 5.41) is 0. The highest BCUT2D eigenvalue weighted by Crippen LogP contribution is 2.17. The van der Waals surface area contributed by atoms with Crippen LogP contribution in [0, 0.1) is 6.92 Å². The molecule has 0 spiro atoms. The second-order valence-corrected chi connectivity index (χ2v) is 2.99. The molecule has 1 rings (SSSR count). The van der Waals surface area contributed by atoms with Crippen molar-refractivity contribution in [3.8, 4) is 0 Å². The predicted octanol–water partition coefficient (Wildman–Crippen LogP) is 3.49. The fourth-order valence-corrected chi connectivity index (χ4v) is 1.14. The smallest absolute Gasteiger partial charge is 0.0662 e. The Labute approximate surface area is 83.8 Å². The highest BCUT2D eigenvalue weighted by molar-refractivity contribution is 6.30. The number of hydrogen-bond donors (Lipinski definition) is 0. The average molecular weight is 194 g/mol. The molecule has 1 aromatic carbocycles. The highest BCUT2D eigenvalue weighted by atomic mass is 35.5. The maximum absolute atomic E-state index is 5.67. The van der Waals surface area contributed by atoms with Gasteiger partial charge >= 0.3 is 0 Å². The lowest BCUT2D eigenvalue weighted by Gasteiger charge is -2.00. The monoisotopic (exact) mass is 193 g/mol. The zero-order valence-electron chi connectivity index (χ0n) is 7.63. The van der Waals surface area contributed by atoms with Gasteiger partial charge in [0.2, 0.25) is 0 Å². The number of hydrogen-bond acceptors (Lipinski definition) is 1. The van der Waals surface area contributed by atoms with Gasteiger partial charge in [0.05, 0.1) is 17.3 Å². The van der Waals surface area contributed by atoms with Gasteiger partial charge in [-0.25, -0.2) is 0 Å². The van der Waals surface area contributed by atoms with Crippen molar-refractivity contribution in [3.63, 3.8) is 0 Å². The number of nitrogens with zero attached hydrogens (tertiary/aromatic N) is 1. The highest BCUT2D eigenvalue weighted by Gasteiger charge is 1.95. The molecule has 0 bridgehead atoms. The summed E-state index contributed by atoms with van der Waals surface area (Å²) in [4.78, 5) is 4.36. The normalized spacial score (nSPS) is 11.4. The van der Waals surface area contributed by atoms with E-state index in [0.29, 0.717) is 5.88 Å². The van der Waals surface area contributed by atoms with E-state index in [4.69, 9.17) is 11.6 Å². The van der Waals surface area contributed by atoms with E-state index in [-0.39, 0.29) is 0 Å². The Kier molecular flexibility index (Phi) is 3.71. The van der Waals surface area contributed by atoms with Crippen LogP contribution in [0.15, 0.2) is 41.9 Å². The van der Waals surface area contributed by atoms with Crippen LogP contribution < -0.4 is 0 Å². The third-order valence-corrected chi connectivity index (χ3v) is 2.03. The zero-order valence-corrected chi connectivity index (χ0v) is 8.38. The quantitative estimate of drug-likeness (QED) is 0.515. The summed E-state index contributed by atoms with van der Waals surface area (Å²) in [5.74, 6) is 0.401. The maximum atomic E-state index is 5.67. The summed E-state index contributed by atoms with van der Waals surface area (Å²) in [5.41, 5.74) is 2.90. The van der Waals surface area contributed by atoms with E-state index in [2.05, 4.69) is 11.6 Å². The van der Waals surface area contributed by atoms with E-state index in [1.807, 2.05) is 31.2 Å². The molecular weight excluding hydrogens is 182 g/mol. The van der Waals surface area contributed by atoms with E-state index in [1.54, 1.807) is 6.08 Å². The van der Waals surface area contributed by atoms with Crippen LogP contribution in [0.2, 0.25) is 0 Å². The third kappa shape index (κ3) is 2.71. The fourth-order valence-electron chi connectivity index (χ4n) is 0.974. The van der Waals surface area contributed by atoms with Crippen LogP contribution in [0.4, 0.5) is 5.69 Å². The molecule has 0 N–H and O–H groups in total. The topological polar surface area (TPSA) is 12.4 Å². The lowest BCUT2D eigenvalue weighted by atomic mass is 10.2. The number of benzene rings is 1. The Morgan fingerprint density at radius 3 is 2.77 bits per heavy atom. The van der Waals surface area contributed by atoms with Gasteiger partial charge in [-0.05, 0) is 24.6 Å². The third-order valence-electron chi connectivity index (χ3n) is 1.75. The van der Waals surface area contributed by atoms with Gasteiger partial charge in [0.15, 0.2) is 0 Å².